The number of likely N-dealkylation sites (tertiary alicyclic amines) is 1. The van der Waals surface area contributed by atoms with E-state index in [2.05, 4.69) is 25.1 Å². The highest BCUT2D eigenvalue weighted by Gasteiger charge is 2.44. The van der Waals surface area contributed by atoms with Crippen molar-refractivity contribution in [3.05, 3.63) is 34.6 Å². The minimum atomic E-state index is -4.44. The molecule has 1 spiro atoms. The summed E-state index contributed by atoms with van der Waals surface area (Å²) < 4.78 is 39.4. The summed E-state index contributed by atoms with van der Waals surface area (Å²) in [4.78, 5) is 24.6. The van der Waals surface area contributed by atoms with E-state index in [0.29, 0.717) is 16.5 Å². The Morgan fingerprint density at radius 1 is 1.27 bits per heavy atom. The molecular formula is C20H24F3N5OS. The monoisotopic (exact) mass is 439 g/mol. The first-order valence-corrected chi connectivity index (χ1v) is 10.7. The molecule has 1 amide bonds. The van der Waals surface area contributed by atoms with Crippen molar-refractivity contribution in [3.63, 3.8) is 0 Å². The number of halogens is 3. The molecule has 2 aliphatic heterocycles. The van der Waals surface area contributed by atoms with Gasteiger partial charge >= 0.3 is 6.18 Å². The maximum Gasteiger partial charge on any atom is 0.433 e. The number of aryl methyl sites for hydroxylation is 1. The number of aromatic nitrogens is 2. The van der Waals surface area contributed by atoms with Crippen LogP contribution in [0.1, 0.15) is 36.0 Å². The number of thiazole rings is 1. The maximum absolute atomic E-state index is 13.1. The molecule has 2 fully saturated rings. The third-order valence-electron chi connectivity index (χ3n) is 5.77. The highest BCUT2D eigenvalue weighted by atomic mass is 32.1. The Morgan fingerprint density at radius 2 is 2.03 bits per heavy atom. The van der Waals surface area contributed by atoms with Crippen LogP contribution >= 0.6 is 11.3 Å². The molecule has 1 atom stereocenters. The number of rotatable bonds is 4. The predicted octanol–water partition coefficient (Wildman–Crippen LogP) is 3.93. The molecule has 10 heteroatoms. The van der Waals surface area contributed by atoms with Crippen LogP contribution in [0, 0.1) is 12.3 Å². The molecule has 0 bridgehead atoms. The van der Waals surface area contributed by atoms with Crippen molar-refractivity contribution < 1.29 is 18.0 Å². The van der Waals surface area contributed by atoms with E-state index in [1.807, 2.05) is 0 Å². The van der Waals surface area contributed by atoms with E-state index in [-0.39, 0.29) is 11.3 Å². The zero-order valence-electron chi connectivity index (χ0n) is 16.9. The summed E-state index contributed by atoms with van der Waals surface area (Å²) in [7, 11) is 0. The summed E-state index contributed by atoms with van der Waals surface area (Å²) in [6.07, 6.45) is -0.656. The number of pyridine rings is 1. The normalized spacial score (nSPS) is 22.2. The minimum absolute atomic E-state index is 0.0979. The van der Waals surface area contributed by atoms with E-state index < -0.39 is 11.9 Å². The first-order chi connectivity index (χ1) is 14.1. The Kier molecular flexibility index (Phi) is 5.48. The summed E-state index contributed by atoms with van der Waals surface area (Å²) in [5.74, 6) is -0.137. The van der Waals surface area contributed by atoms with Crippen molar-refractivity contribution in [1.29, 1.82) is 0 Å². The fourth-order valence-electron chi connectivity index (χ4n) is 4.44. The zero-order chi connectivity index (χ0) is 21.5. The first kappa shape index (κ1) is 21.0. The van der Waals surface area contributed by atoms with Gasteiger partial charge in [0.2, 0.25) is 5.91 Å². The van der Waals surface area contributed by atoms with E-state index in [9.17, 15) is 18.0 Å². The van der Waals surface area contributed by atoms with Crippen LogP contribution in [-0.2, 0) is 17.5 Å². The van der Waals surface area contributed by atoms with E-state index in [4.69, 9.17) is 0 Å². The molecule has 2 saturated heterocycles. The highest BCUT2D eigenvalue weighted by Crippen LogP contribution is 2.42. The Hall–Kier alpha value is -2.20. The van der Waals surface area contributed by atoms with Gasteiger partial charge < -0.3 is 10.2 Å². The summed E-state index contributed by atoms with van der Waals surface area (Å²) in [6, 6.07) is 2.90. The molecule has 4 heterocycles. The third kappa shape index (κ3) is 4.59. The van der Waals surface area contributed by atoms with Gasteiger partial charge in [-0.1, -0.05) is 0 Å². The minimum Gasteiger partial charge on any atom is -0.371 e. The summed E-state index contributed by atoms with van der Waals surface area (Å²) in [5.41, 5.74) is 0.258. The standard InChI is InChI=1S/C20H24F3N5OS/c1-13-7-15(8-17(25-13)20(21,22)23)28-6-4-19(12-28)3-5-27(11-19)10-16-9-24-18(30-16)26-14(2)29/h7-9H,3-6,10-12H2,1-2H3,(H,24,26,29). The third-order valence-corrected chi connectivity index (χ3v) is 6.66. The maximum atomic E-state index is 13.1. The van der Waals surface area contributed by atoms with E-state index in [0.717, 1.165) is 50.4 Å². The number of anilines is 2. The number of carbonyl (C=O) groups is 1. The van der Waals surface area contributed by atoms with Crippen molar-refractivity contribution in [2.24, 2.45) is 5.41 Å². The van der Waals surface area contributed by atoms with Gasteiger partial charge in [-0.15, -0.1) is 11.3 Å². The van der Waals surface area contributed by atoms with E-state index in [1.165, 1.54) is 24.3 Å². The fraction of sp³-hybridized carbons (Fsp3) is 0.550. The van der Waals surface area contributed by atoms with Gasteiger partial charge in [0.15, 0.2) is 5.13 Å². The molecular weight excluding hydrogens is 415 g/mol. The van der Waals surface area contributed by atoms with Crippen LogP contribution in [0.15, 0.2) is 18.3 Å². The SMILES string of the molecule is CC(=O)Nc1ncc(CN2CCC3(CCN(c4cc(C)nc(C(F)(F)F)c4)C3)C2)s1. The number of carbonyl (C=O) groups excluding carboxylic acids is 1. The molecule has 2 aromatic heterocycles. The van der Waals surface area contributed by atoms with Crippen LogP contribution in [0.4, 0.5) is 24.0 Å². The van der Waals surface area contributed by atoms with Crippen molar-refractivity contribution in [3.8, 4) is 0 Å². The second-order valence-corrected chi connectivity index (χ2v) is 9.41. The molecule has 6 nitrogen and oxygen atoms in total. The Balaban J connectivity index is 1.40. The Labute approximate surface area is 177 Å². The van der Waals surface area contributed by atoms with Gasteiger partial charge in [0.05, 0.1) is 0 Å². The molecule has 0 saturated carbocycles. The molecule has 2 aliphatic rings. The van der Waals surface area contributed by atoms with Gasteiger partial charge in [0.1, 0.15) is 5.69 Å². The molecule has 0 aromatic carbocycles. The fourth-order valence-corrected chi connectivity index (χ4v) is 5.34. The van der Waals surface area contributed by atoms with Gasteiger partial charge in [-0.25, -0.2) is 9.97 Å². The van der Waals surface area contributed by atoms with Crippen LogP contribution in [0.25, 0.3) is 0 Å². The number of nitrogens with zero attached hydrogens (tertiary/aromatic N) is 4. The van der Waals surface area contributed by atoms with Crippen molar-refractivity contribution in [2.75, 3.05) is 36.4 Å². The summed E-state index contributed by atoms with van der Waals surface area (Å²) >= 11 is 1.47. The predicted molar refractivity (Wildman–Crippen MR) is 110 cm³/mol. The van der Waals surface area contributed by atoms with Crippen LogP contribution < -0.4 is 10.2 Å². The van der Waals surface area contributed by atoms with E-state index in [1.54, 1.807) is 19.2 Å². The molecule has 4 rings (SSSR count). The lowest BCUT2D eigenvalue weighted by molar-refractivity contribution is -0.141. The van der Waals surface area contributed by atoms with Crippen LogP contribution in [0.5, 0.6) is 0 Å². The Morgan fingerprint density at radius 3 is 2.77 bits per heavy atom. The molecule has 0 radical (unpaired) electrons. The zero-order valence-corrected chi connectivity index (χ0v) is 17.7. The quantitative estimate of drug-likeness (QED) is 0.782. The molecule has 0 aliphatic carbocycles. The Bertz CT molecular complexity index is 947. The van der Waals surface area contributed by atoms with Gasteiger partial charge in [-0.05, 0) is 38.4 Å². The largest absolute Gasteiger partial charge is 0.433 e. The lowest BCUT2D eigenvalue weighted by atomic mass is 9.86. The van der Waals surface area contributed by atoms with Crippen LogP contribution in [0.3, 0.4) is 0 Å². The summed E-state index contributed by atoms with van der Waals surface area (Å²) in [5, 5.41) is 3.30. The van der Waals surface area contributed by atoms with Crippen molar-refractivity contribution in [1.82, 2.24) is 14.9 Å². The van der Waals surface area contributed by atoms with E-state index >= 15 is 0 Å². The number of alkyl halides is 3. The molecule has 30 heavy (non-hydrogen) atoms. The van der Waals surface area contributed by atoms with Crippen molar-refractivity contribution in [2.45, 2.75) is 39.4 Å². The average Bonchev–Trinajstić information content (AvgIpc) is 3.36. The van der Waals surface area contributed by atoms with Gasteiger partial charge in [0.25, 0.3) is 0 Å². The van der Waals surface area contributed by atoms with Crippen LogP contribution in [-0.4, -0.2) is 47.0 Å². The highest BCUT2D eigenvalue weighted by molar-refractivity contribution is 7.15. The molecule has 162 valence electrons. The summed E-state index contributed by atoms with van der Waals surface area (Å²) in [6.45, 7) is 7.19. The lowest BCUT2D eigenvalue weighted by Crippen LogP contribution is -2.30. The van der Waals surface area contributed by atoms with Gasteiger partial charge in [-0.3, -0.25) is 9.69 Å². The average molecular weight is 440 g/mol. The smallest absolute Gasteiger partial charge is 0.371 e. The molecule has 1 unspecified atom stereocenters. The van der Waals surface area contributed by atoms with Gasteiger partial charge in [0, 0.05) is 61.0 Å². The second kappa shape index (κ2) is 7.81. The van der Waals surface area contributed by atoms with Gasteiger partial charge in [-0.2, -0.15) is 13.2 Å². The molecule has 1 N–H and O–H groups in total. The second-order valence-electron chi connectivity index (χ2n) is 8.29. The number of amides is 1. The molecule has 2 aromatic rings. The van der Waals surface area contributed by atoms with Crippen molar-refractivity contribution >= 4 is 28.1 Å². The topological polar surface area (TPSA) is 61.4 Å². The number of hydrogen-bond donors (Lipinski definition) is 1. The lowest BCUT2D eigenvalue weighted by Gasteiger charge is -2.26. The number of nitrogens with one attached hydrogen (secondary N) is 1. The first-order valence-electron chi connectivity index (χ1n) is 9.87. The number of hydrogen-bond acceptors (Lipinski definition) is 6. The van der Waals surface area contributed by atoms with Crippen LogP contribution in [0.2, 0.25) is 0 Å².